The summed E-state index contributed by atoms with van der Waals surface area (Å²) < 4.78 is 0. The third-order valence-electron chi connectivity index (χ3n) is 1.45. The third-order valence-corrected chi connectivity index (χ3v) is 2.40. The molecule has 0 aliphatic carbocycles. The molecule has 0 atom stereocenters. The van der Waals surface area contributed by atoms with E-state index in [0.29, 0.717) is 10.0 Å². The van der Waals surface area contributed by atoms with Crippen LogP contribution in [0.4, 0.5) is 0 Å². The van der Waals surface area contributed by atoms with Crippen molar-refractivity contribution >= 4 is 46.7 Å². The summed E-state index contributed by atoms with van der Waals surface area (Å²) in [7, 11) is 0. The van der Waals surface area contributed by atoms with Crippen molar-refractivity contribution in [2.45, 2.75) is 0 Å². The molecule has 0 saturated carbocycles. The Morgan fingerprint density at radius 1 is 1.40 bits per heavy atom. The Morgan fingerprint density at radius 2 is 2.13 bits per heavy atom. The molecule has 0 amide bonds. The van der Waals surface area contributed by atoms with Crippen LogP contribution in [-0.4, -0.2) is 11.3 Å². The lowest BCUT2D eigenvalue weighted by Crippen LogP contribution is -2.37. The summed E-state index contributed by atoms with van der Waals surface area (Å²) in [5, 5.41) is 5.02. The predicted molar refractivity (Wildman–Crippen MR) is 67.1 cm³/mol. The molecular weight excluding hydrogens is 255 g/mol. The van der Waals surface area contributed by atoms with E-state index in [1.165, 1.54) is 0 Å². The normalized spacial score (nSPS) is 10.3. The molecule has 0 bridgehead atoms. The summed E-state index contributed by atoms with van der Waals surface area (Å²) >= 11 is 16.3. The van der Waals surface area contributed by atoms with Gasteiger partial charge in [-0.3, -0.25) is 10.9 Å². The first-order valence-electron chi connectivity index (χ1n) is 3.88. The van der Waals surface area contributed by atoms with Crippen LogP contribution in [0.1, 0.15) is 5.56 Å². The van der Waals surface area contributed by atoms with Gasteiger partial charge >= 0.3 is 0 Å². The molecule has 0 unspecified atom stereocenters. The molecule has 80 valence electrons. The molecule has 0 saturated heterocycles. The SMILES string of the molecule is NNC(=S)N/N=C/c1ccc(Cl)c(Cl)c1. The average Bonchev–Trinajstić information content (AvgIpc) is 2.23. The van der Waals surface area contributed by atoms with Gasteiger partial charge in [0.1, 0.15) is 0 Å². The molecule has 0 aromatic heterocycles. The van der Waals surface area contributed by atoms with Gasteiger partial charge in [0.25, 0.3) is 0 Å². The Bertz CT molecular complexity index is 394. The zero-order chi connectivity index (χ0) is 11.3. The molecule has 4 N–H and O–H groups in total. The number of hydrogen-bond acceptors (Lipinski definition) is 3. The van der Waals surface area contributed by atoms with Crippen LogP contribution in [0.2, 0.25) is 10.0 Å². The summed E-state index contributed by atoms with van der Waals surface area (Å²) in [6.45, 7) is 0. The molecule has 0 heterocycles. The van der Waals surface area contributed by atoms with Crippen molar-refractivity contribution in [3.8, 4) is 0 Å². The number of hydrazine groups is 1. The second kappa shape index (κ2) is 5.87. The van der Waals surface area contributed by atoms with Crippen molar-refractivity contribution in [3.05, 3.63) is 33.8 Å². The lowest BCUT2D eigenvalue weighted by molar-refractivity contribution is 0.930. The molecule has 1 aromatic carbocycles. The highest BCUT2D eigenvalue weighted by atomic mass is 35.5. The minimum Gasteiger partial charge on any atom is -0.300 e. The Balaban J connectivity index is 2.65. The molecule has 0 spiro atoms. The first-order chi connectivity index (χ1) is 7.13. The van der Waals surface area contributed by atoms with Crippen molar-refractivity contribution < 1.29 is 0 Å². The van der Waals surface area contributed by atoms with E-state index in [9.17, 15) is 0 Å². The van der Waals surface area contributed by atoms with E-state index < -0.39 is 0 Å². The quantitative estimate of drug-likeness (QED) is 0.329. The van der Waals surface area contributed by atoms with Gasteiger partial charge < -0.3 is 0 Å². The van der Waals surface area contributed by atoms with Crippen molar-refractivity contribution in [2.75, 3.05) is 0 Å². The molecule has 1 rings (SSSR count). The van der Waals surface area contributed by atoms with Gasteiger partial charge in [-0.2, -0.15) is 5.10 Å². The summed E-state index contributed by atoms with van der Waals surface area (Å²) in [5.41, 5.74) is 5.54. The Hall–Kier alpha value is -0.880. The first kappa shape index (κ1) is 12.2. The first-order valence-corrected chi connectivity index (χ1v) is 5.04. The van der Waals surface area contributed by atoms with Gasteiger partial charge in [-0.15, -0.1) is 0 Å². The highest BCUT2D eigenvalue weighted by Crippen LogP contribution is 2.21. The van der Waals surface area contributed by atoms with E-state index >= 15 is 0 Å². The minimum absolute atomic E-state index is 0.228. The monoisotopic (exact) mass is 262 g/mol. The lowest BCUT2D eigenvalue weighted by Gasteiger charge is -2.00. The maximum atomic E-state index is 5.81. The second-order valence-corrected chi connectivity index (χ2v) is 3.74. The highest BCUT2D eigenvalue weighted by Gasteiger charge is 1.96. The molecular formula is C8H8Cl2N4S. The number of nitrogens with one attached hydrogen (secondary N) is 2. The molecule has 0 radical (unpaired) electrons. The third kappa shape index (κ3) is 4.01. The van der Waals surface area contributed by atoms with E-state index in [1.54, 1.807) is 24.4 Å². The van der Waals surface area contributed by atoms with E-state index in [2.05, 4.69) is 16.0 Å². The summed E-state index contributed by atoms with van der Waals surface area (Å²) in [5.74, 6) is 5.03. The van der Waals surface area contributed by atoms with Crippen molar-refractivity contribution in [1.82, 2.24) is 10.9 Å². The number of nitrogens with zero attached hydrogens (tertiary/aromatic N) is 1. The Kier molecular flexibility index (Phi) is 4.77. The maximum Gasteiger partial charge on any atom is 0.201 e. The van der Waals surface area contributed by atoms with E-state index in [0.717, 1.165) is 5.56 Å². The van der Waals surface area contributed by atoms with Gasteiger partial charge in [-0.25, -0.2) is 5.84 Å². The number of thiocarbonyl (C=S) groups is 1. The fourth-order valence-electron chi connectivity index (χ4n) is 0.790. The van der Waals surface area contributed by atoms with Crippen LogP contribution in [0.25, 0.3) is 0 Å². The van der Waals surface area contributed by atoms with Crippen molar-refractivity contribution in [3.63, 3.8) is 0 Å². The van der Waals surface area contributed by atoms with Crippen LogP contribution in [0.15, 0.2) is 23.3 Å². The number of hydrogen-bond donors (Lipinski definition) is 3. The minimum atomic E-state index is 0.228. The molecule has 1 aromatic rings. The molecule has 4 nitrogen and oxygen atoms in total. The predicted octanol–water partition coefficient (Wildman–Crippen LogP) is 1.67. The lowest BCUT2D eigenvalue weighted by atomic mass is 10.2. The van der Waals surface area contributed by atoms with E-state index in [-0.39, 0.29) is 5.11 Å². The second-order valence-electron chi connectivity index (χ2n) is 2.52. The van der Waals surface area contributed by atoms with Crippen LogP contribution < -0.4 is 16.7 Å². The fraction of sp³-hybridized carbons (Fsp3) is 0. The zero-order valence-electron chi connectivity index (χ0n) is 7.50. The van der Waals surface area contributed by atoms with Gasteiger partial charge in [0.05, 0.1) is 16.3 Å². The fourth-order valence-corrected chi connectivity index (χ4v) is 1.15. The van der Waals surface area contributed by atoms with Gasteiger partial charge in [-0.05, 0) is 29.9 Å². The van der Waals surface area contributed by atoms with Gasteiger partial charge in [0, 0.05) is 0 Å². The van der Waals surface area contributed by atoms with Crippen LogP contribution in [0.3, 0.4) is 0 Å². The van der Waals surface area contributed by atoms with Gasteiger partial charge in [0.15, 0.2) is 0 Å². The molecule has 0 fully saturated rings. The van der Waals surface area contributed by atoms with Gasteiger partial charge in [-0.1, -0.05) is 29.3 Å². The zero-order valence-corrected chi connectivity index (χ0v) is 9.83. The van der Waals surface area contributed by atoms with Gasteiger partial charge in [0.2, 0.25) is 5.11 Å². The smallest absolute Gasteiger partial charge is 0.201 e. The largest absolute Gasteiger partial charge is 0.300 e. The van der Waals surface area contributed by atoms with Crippen LogP contribution in [0, 0.1) is 0 Å². The number of nitrogens with two attached hydrogens (primary N) is 1. The van der Waals surface area contributed by atoms with E-state index in [1.807, 2.05) is 0 Å². The number of halogens is 2. The number of rotatable bonds is 2. The molecule has 0 aliphatic rings. The standard InChI is InChI=1S/C8H8Cl2N4S/c9-6-2-1-5(3-7(6)10)4-12-14-8(15)13-11/h1-4H,11H2,(H2,13,14,15)/b12-4+. The topological polar surface area (TPSA) is 62.4 Å². The summed E-state index contributed by atoms with van der Waals surface area (Å²) in [6, 6.07) is 5.15. The molecule has 15 heavy (non-hydrogen) atoms. The van der Waals surface area contributed by atoms with Crippen LogP contribution in [-0.2, 0) is 0 Å². The number of benzene rings is 1. The Morgan fingerprint density at radius 3 is 2.73 bits per heavy atom. The summed E-state index contributed by atoms with van der Waals surface area (Å²) in [4.78, 5) is 0. The maximum absolute atomic E-state index is 5.81. The summed E-state index contributed by atoms with van der Waals surface area (Å²) in [6.07, 6.45) is 1.55. The van der Waals surface area contributed by atoms with E-state index in [4.69, 9.17) is 41.3 Å². The average molecular weight is 263 g/mol. The number of hydrazone groups is 1. The highest BCUT2D eigenvalue weighted by molar-refractivity contribution is 7.80. The van der Waals surface area contributed by atoms with Crippen molar-refractivity contribution in [1.29, 1.82) is 0 Å². The Labute approximate surface area is 102 Å². The van der Waals surface area contributed by atoms with Crippen LogP contribution in [0.5, 0.6) is 0 Å². The molecule has 0 aliphatic heterocycles. The van der Waals surface area contributed by atoms with Crippen molar-refractivity contribution in [2.24, 2.45) is 10.9 Å². The van der Waals surface area contributed by atoms with Crippen LogP contribution >= 0.6 is 35.4 Å². The molecule has 7 heteroatoms.